The number of carbonyl (C=O) groups excluding carboxylic acids is 1. The quantitative estimate of drug-likeness (QED) is 0.638. The molecule has 0 saturated heterocycles. The fourth-order valence-corrected chi connectivity index (χ4v) is 3.29. The molecule has 3 aromatic rings. The molecule has 124 valence electrons. The normalized spacial score (nSPS) is 10.8. The molecule has 2 aromatic heterocycles. The molecule has 1 amide bonds. The van der Waals surface area contributed by atoms with E-state index in [1.54, 1.807) is 23.1 Å². The van der Waals surface area contributed by atoms with Crippen LogP contribution in [0.5, 0.6) is 0 Å². The zero-order chi connectivity index (χ0) is 17.1. The molecule has 0 aliphatic rings. The summed E-state index contributed by atoms with van der Waals surface area (Å²) in [7, 11) is 0. The van der Waals surface area contributed by atoms with Gasteiger partial charge in [0, 0.05) is 11.6 Å². The van der Waals surface area contributed by atoms with Crippen molar-refractivity contribution in [1.29, 1.82) is 0 Å². The number of rotatable bonds is 5. The van der Waals surface area contributed by atoms with E-state index >= 15 is 0 Å². The molecule has 0 N–H and O–H groups in total. The van der Waals surface area contributed by atoms with Crippen LogP contribution in [0.1, 0.15) is 23.2 Å². The molecule has 2 heterocycles. The van der Waals surface area contributed by atoms with Gasteiger partial charge in [0.15, 0.2) is 0 Å². The lowest BCUT2D eigenvalue weighted by molar-refractivity contribution is 0.0734. The molecule has 0 radical (unpaired) electrons. The summed E-state index contributed by atoms with van der Waals surface area (Å²) in [4.78, 5) is 19.5. The number of thiophene rings is 1. The minimum Gasteiger partial charge on any atom is -0.337 e. The Morgan fingerprint density at radius 2 is 2.17 bits per heavy atom. The second-order valence-corrected chi connectivity index (χ2v) is 6.72. The fraction of sp³-hybridized carbons (Fsp3) is 0.188. The Kier molecular flexibility index (Phi) is 5.18. The van der Waals surface area contributed by atoms with E-state index in [1.165, 1.54) is 11.3 Å². The van der Waals surface area contributed by atoms with E-state index in [0.717, 1.165) is 4.88 Å². The number of hydrogen-bond donors (Lipinski definition) is 0. The topological polar surface area (TPSA) is 59.2 Å². The van der Waals surface area contributed by atoms with Gasteiger partial charge in [0.1, 0.15) is 6.54 Å². The Hall–Kier alpha value is -1.89. The maximum absolute atomic E-state index is 12.7. The SMILES string of the molecule is CCN(Cc1nc(-c2cccs2)no1)C(=O)c1ccc(Cl)cc1Cl. The van der Waals surface area contributed by atoms with Gasteiger partial charge in [0.25, 0.3) is 5.91 Å². The molecule has 0 saturated carbocycles. The monoisotopic (exact) mass is 381 g/mol. The molecule has 0 aliphatic heterocycles. The summed E-state index contributed by atoms with van der Waals surface area (Å²) in [6.45, 7) is 2.57. The van der Waals surface area contributed by atoms with Crippen molar-refractivity contribution in [2.24, 2.45) is 0 Å². The van der Waals surface area contributed by atoms with Crippen LogP contribution in [0.15, 0.2) is 40.2 Å². The van der Waals surface area contributed by atoms with E-state index < -0.39 is 0 Å². The van der Waals surface area contributed by atoms with Crippen molar-refractivity contribution in [3.8, 4) is 10.7 Å². The number of halogens is 2. The van der Waals surface area contributed by atoms with Crippen molar-refractivity contribution in [2.75, 3.05) is 6.54 Å². The molecule has 1 aromatic carbocycles. The van der Waals surface area contributed by atoms with Gasteiger partial charge in [0.2, 0.25) is 11.7 Å². The van der Waals surface area contributed by atoms with Gasteiger partial charge in [-0.1, -0.05) is 34.4 Å². The number of carbonyl (C=O) groups is 1. The number of nitrogens with zero attached hydrogens (tertiary/aromatic N) is 3. The summed E-state index contributed by atoms with van der Waals surface area (Å²) in [5, 5.41) is 6.69. The van der Waals surface area contributed by atoms with E-state index in [-0.39, 0.29) is 12.5 Å². The van der Waals surface area contributed by atoms with E-state index in [4.69, 9.17) is 27.7 Å². The van der Waals surface area contributed by atoms with E-state index in [1.807, 2.05) is 24.4 Å². The lowest BCUT2D eigenvalue weighted by atomic mass is 10.2. The van der Waals surface area contributed by atoms with Gasteiger partial charge in [0.05, 0.1) is 15.5 Å². The summed E-state index contributed by atoms with van der Waals surface area (Å²) in [6.07, 6.45) is 0. The summed E-state index contributed by atoms with van der Waals surface area (Å²) in [5.41, 5.74) is 0.390. The second-order valence-electron chi connectivity index (χ2n) is 4.93. The Morgan fingerprint density at radius 1 is 1.33 bits per heavy atom. The van der Waals surface area contributed by atoms with Crippen LogP contribution >= 0.6 is 34.5 Å². The van der Waals surface area contributed by atoms with Crippen LogP contribution in [0.3, 0.4) is 0 Å². The number of hydrogen-bond acceptors (Lipinski definition) is 5. The lowest BCUT2D eigenvalue weighted by Crippen LogP contribution is -2.30. The zero-order valence-corrected chi connectivity index (χ0v) is 15.0. The summed E-state index contributed by atoms with van der Waals surface area (Å²) in [5.74, 6) is 0.682. The highest BCUT2D eigenvalue weighted by Gasteiger charge is 2.20. The van der Waals surface area contributed by atoms with Crippen molar-refractivity contribution in [1.82, 2.24) is 15.0 Å². The summed E-state index contributed by atoms with van der Waals surface area (Å²) < 4.78 is 5.25. The Morgan fingerprint density at radius 3 is 2.83 bits per heavy atom. The largest absolute Gasteiger partial charge is 0.337 e. The Labute approximate surface area is 152 Å². The minimum atomic E-state index is -0.213. The highest BCUT2D eigenvalue weighted by atomic mass is 35.5. The smallest absolute Gasteiger partial charge is 0.255 e. The highest BCUT2D eigenvalue weighted by Crippen LogP contribution is 2.24. The predicted octanol–water partition coefficient (Wildman–Crippen LogP) is 4.77. The van der Waals surface area contributed by atoms with Crippen molar-refractivity contribution in [3.05, 3.63) is 57.2 Å². The average molecular weight is 382 g/mol. The van der Waals surface area contributed by atoms with Crippen LogP contribution in [-0.4, -0.2) is 27.5 Å². The number of aromatic nitrogens is 2. The van der Waals surface area contributed by atoms with Crippen LogP contribution in [0.4, 0.5) is 0 Å². The first-order chi connectivity index (χ1) is 11.6. The molecule has 0 spiro atoms. The molecule has 0 aliphatic carbocycles. The van der Waals surface area contributed by atoms with Crippen molar-refractivity contribution in [2.45, 2.75) is 13.5 Å². The van der Waals surface area contributed by atoms with Gasteiger partial charge < -0.3 is 9.42 Å². The van der Waals surface area contributed by atoms with Gasteiger partial charge in [-0.3, -0.25) is 4.79 Å². The molecule has 5 nitrogen and oxygen atoms in total. The maximum atomic E-state index is 12.7. The van der Waals surface area contributed by atoms with Crippen LogP contribution in [0.2, 0.25) is 10.0 Å². The molecule has 0 unspecified atom stereocenters. The van der Waals surface area contributed by atoms with Gasteiger partial charge in [-0.05, 0) is 36.6 Å². The maximum Gasteiger partial charge on any atom is 0.255 e. The van der Waals surface area contributed by atoms with Crippen LogP contribution < -0.4 is 0 Å². The van der Waals surface area contributed by atoms with Gasteiger partial charge in [-0.25, -0.2) is 0 Å². The number of amides is 1. The third-order valence-corrected chi connectivity index (χ3v) is 4.78. The first-order valence-electron chi connectivity index (χ1n) is 7.19. The molecule has 0 bridgehead atoms. The van der Waals surface area contributed by atoms with Gasteiger partial charge in [-0.15, -0.1) is 11.3 Å². The zero-order valence-electron chi connectivity index (χ0n) is 12.7. The summed E-state index contributed by atoms with van der Waals surface area (Å²) >= 11 is 13.5. The van der Waals surface area contributed by atoms with Crippen LogP contribution in [0.25, 0.3) is 10.7 Å². The van der Waals surface area contributed by atoms with Crippen molar-refractivity contribution < 1.29 is 9.32 Å². The van der Waals surface area contributed by atoms with Crippen molar-refractivity contribution in [3.63, 3.8) is 0 Å². The third kappa shape index (κ3) is 3.61. The Balaban J connectivity index is 1.78. The molecular formula is C16H13Cl2N3O2S. The lowest BCUT2D eigenvalue weighted by Gasteiger charge is -2.19. The fourth-order valence-electron chi connectivity index (χ4n) is 2.15. The minimum absolute atomic E-state index is 0.213. The van der Waals surface area contributed by atoms with Crippen molar-refractivity contribution >= 4 is 40.4 Å². The predicted molar refractivity (Wildman–Crippen MR) is 94.5 cm³/mol. The Bertz CT molecular complexity index is 849. The van der Waals surface area contributed by atoms with E-state index in [2.05, 4.69) is 10.1 Å². The number of benzene rings is 1. The average Bonchev–Trinajstić information content (AvgIpc) is 3.23. The molecule has 0 fully saturated rings. The van der Waals surface area contributed by atoms with Crippen LogP contribution in [-0.2, 0) is 6.54 Å². The van der Waals surface area contributed by atoms with Gasteiger partial charge >= 0.3 is 0 Å². The second kappa shape index (κ2) is 7.34. The molecular weight excluding hydrogens is 369 g/mol. The highest BCUT2D eigenvalue weighted by molar-refractivity contribution is 7.13. The molecule has 3 rings (SSSR count). The van der Waals surface area contributed by atoms with Gasteiger partial charge in [-0.2, -0.15) is 4.98 Å². The molecule has 0 atom stereocenters. The first-order valence-corrected chi connectivity index (χ1v) is 8.83. The van der Waals surface area contributed by atoms with Crippen LogP contribution in [0, 0.1) is 0 Å². The third-order valence-electron chi connectivity index (χ3n) is 3.37. The molecule has 8 heteroatoms. The van der Waals surface area contributed by atoms with E-state index in [0.29, 0.717) is 33.9 Å². The molecule has 24 heavy (non-hydrogen) atoms. The summed E-state index contributed by atoms with van der Waals surface area (Å²) in [6, 6.07) is 8.62. The van der Waals surface area contributed by atoms with E-state index in [9.17, 15) is 4.79 Å². The standard InChI is InChI=1S/C16H13Cl2N3O2S/c1-2-21(16(22)11-6-5-10(17)8-12(11)18)9-14-19-15(20-23-14)13-4-3-7-24-13/h3-8H,2,9H2,1H3. The first kappa shape index (κ1) is 17.0.